The van der Waals surface area contributed by atoms with Crippen LogP contribution >= 0.6 is 0 Å². The molecule has 0 aliphatic carbocycles. The Morgan fingerprint density at radius 3 is 1.79 bits per heavy atom. The van der Waals surface area contributed by atoms with Gasteiger partial charge in [0.05, 0.1) is 13.2 Å². The van der Waals surface area contributed by atoms with Gasteiger partial charge in [0.25, 0.3) is 0 Å². The Bertz CT molecular complexity index is 323. The fourth-order valence-electron chi connectivity index (χ4n) is 2.23. The molecule has 0 unspecified atom stereocenters. The molecule has 0 amide bonds. The van der Waals surface area contributed by atoms with Gasteiger partial charge in [-0.25, -0.2) is 0 Å². The first kappa shape index (κ1) is 8.16. The number of ether oxygens (including phenoxy) is 2. The zero-order valence-electron chi connectivity index (χ0n) is 8.21. The molecule has 2 aliphatic heterocycles. The van der Waals surface area contributed by atoms with Crippen molar-refractivity contribution in [3.8, 4) is 11.5 Å². The number of rotatable bonds is 0. The monoisotopic (exact) mass is 190 g/mol. The Morgan fingerprint density at radius 1 is 0.786 bits per heavy atom. The van der Waals surface area contributed by atoms with E-state index in [9.17, 15) is 0 Å². The molecular formula is C12H14O2. The van der Waals surface area contributed by atoms with Crippen LogP contribution in [0.3, 0.4) is 0 Å². The molecule has 2 heterocycles. The Labute approximate surface area is 83.8 Å². The molecule has 0 fully saturated rings. The SMILES string of the molecule is c1cc2c(c3c1CCCO3)OCCC2. The van der Waals surface area contributed by atoms with Crippen molar-refractivity contribution in [3.63, 3.8) is 0 Å². The summed E-state index contributed by atoms with van der Waals surface area (Å²) >= 11 is 0. The van der Waals surface area contributed by atoms with Crippen LogP contribution in [-0.4, -0.2) is 13.2 Å². The second-order valence-corrected chi connectivity index (χ2v) is 3.95. The zero-order chi connectivity index (χ0) is 9.38. The molecule has 0 atom stereocenters. The summed E-state index contributed by atoms with van der Waals surface area (Å²) < 4.78 is 11.4. The Balaban J connectivity index is 2.12. The lowest BCUT2D eigenvalue weighted by atomic mass is 9.99. The lowest BCUT2D eigenvalue weighted by Gasteiger charge is -2.25. The van der Waals surface area contributed by atoms with E-state index in [-0.39, 0.29) is 0 Å². The van der Waals surface area contributed by atoms with Crippen LogP contribution in [0.25, 0.3) is 0 Å². The summed E-state index contributed by atoms with van der Waals surface area (Å²) in [5, 5.41) is 0. The van der Waals surface area contributed by atoms with Gasteiger partial charge >= 0.3 is 0 Å². The molecule has 14 heavy (non-hydrogen) atoms. The van der Waals surface area contributed by atoms with Crippen molar-refractivity contribution in [1.29, 1.82) is 0 Å². The molecule has 74 valence electrons. The van der Waals surface area contributed by atoms with Gasteiger partial charge in [-0.1, -0.05) is 12.1 Å². The molecular weight excluding hydrogens is 176 g/mol. The summed E-state index contributed by atoms with van der Waals surface area (Å²) in [5.41, 5.74) is 2.63. The van der Waals surface area contributed by atoms with E-state index in [0.717, 1.165) is 50.4 Å². The van der Waals surface area contributed by atoms with Crippen molar-refractivity contribution in [2.45, 2.75) is 25.7 Å². The molecule has 2 heteroatoms. The van der Waals surface area contributed by atoms with Gasteiger partial charge < -0.3 is 9.47 Å². The summed E-state index contributed by atoms with van der Waals surface area (Å²) in [7, 11) is 0. The van der Waals surface area contributed by atoms with Crippen LogP contribution in [0.1, 0.15) is 24.0 Å². The largest absolute Gasteiger partial charge is 0.489 e. The third-order valence-electron chi connectivity index (χ3n) is 2.95. The summed E-state index contributed by atoms with van der Waals surface area (Å²) in [5.74, 6) is 2.04. The fraction of sp³-hybridized carbons (Fsp3) is 0.500. The maximum absolute atomic E-state index is 5.70. The molecule has 0 bridgehead atoms. The number of benzene rings is 1. The highest BCUT2D eigenvalue weighted by molar-refractivity contribution is 5.53. The van der Waals surface area contributed by atoms with Gasteiger partial charge in [0, 0.05) is 0 Å². The molecule has 1 aromatic carbocycles. The average Bonchev–Trinajstić information content (AvgIpc) is 2.29. The lowest BCUT2D eigenvalue weighted by Crippen LogP contribution is -2.14. The quantitative estimate of drug-likeness (QED) is 0.625. The predicted octanol–water partition coefficient (Wildman–Crippen LogP) is 2.34. The molecule has 0 aromatic heterocycles. The smallest absolute Gasteiger partial charge is 0.164 e. The van der Waals surface area contributed by atoms with Crippen LogP contribution in [-0.2, 0) is 12.8 Å². The third-order valence-corrected chi connectivity index (χ3v) is 2.95. The van der Waals surface area contributed by atoms with Crippen molar-refractivity contribution < 1.29 is 9.47 Å². The molecule has 0 saturated carbocycles. The van der Waals surface area contributed by atoms with Crippen LogP contribution in [0.5, 0.6) is 11.5 Å². The predicted molar refractivity (Wildman–Crippen MR) is 54.1 cm³/mol. The second-order valence-electron chi connectivity index (χ2n) is 3.95. The Morgan fingerprint density at radius 2 is 1.29 bits per heavy atom. The van der Waals surface area contributed by atoms with Crippen molar-refractivity contribution in [2.24, 2.45) is 0 Å². The molecule has 0 saturated heterocycles. The molecule has 0 N–H and O–H groups in total. The van der Waals surface area contributed by atoms with Crippen molar-refractivity contribution in [2.75, 3.05) is 13.2 Å². The number of hydrogen-bond donors (Lipinski definition) is 0. The Hall–Kier alpha value is -1.18. The summed E-state index contributed by atoms with van der Waals surface area (Å²) in [4.78, 5) is 0. The van der Waals surface area contributed by atoms with Crippen molar-refractivity contribution >= 4 is 0 Å². The van der Waals surface area contributed by atoms with E-state index in [1.54, 1.807) is 0 Å². The molecule has 1 aromatic rings. The minimum atomic E-state index is 0.840. The first-order chi connectivity index (χ1) is 6.95. The van der Waals surface area contributed by atoms with Gasteiger partial charge in [-0.15, -0.1) is 0 Å². The lowest BCUT2D eigenvalue weighted by molar-refractivity contribution is 0.237. The van der Waals surface area contributed by atoms with Crippen molar-refractivity contribution in [1.82, 2.24) is 0 Å². The summed E-state index contributed by atoms with van der Waals surface area (Å²) in [6.45, 7) is 1.68. The highest BCUT2D eigenvalue weighted by Gasteiger charge is 2.21. The number of aryl methyl sites for hydroxylation is 2. The van der Waals surface area contributed by atoms with E-state index in [1.165, 1.54) is 11.1 Å². The number of hydrogen-bond acceptors (Lipinski definition) is 2. The van der Waals surface area contributed by atoms with Gasteiger partial charge in [0.2, 0.25) is 0 Å². The van der Waals surface area contributed by atoms with Crippen LogP contribution < -0.4 is 9.47 Å². The van der Waals surface area contributed by atoms with Gasteiger partial charge in [-0.3, -0.25) is 0 Å². The molecule has 0 radical (unpaired) electrons. The maximum Gasteiger partial charge on any atom is 0.164 e. The van der Waals surface area contributed by atoms with Crippen LogP contribution in [0, 0.1) is 0 Å². The van der Waals surface area contributed by atoms with E-state index in [0.29, 0.717) is 0 Å². The molecule has 2 nitrogen and oxygen atoms in total. The van der Waals surface area contributed by atoms with Crippen molar-refractivity contribution in [3.05, 3.63) is 23.3 Å². The maximum atomic E-state index is 5.70. The van der Waals surface area contributed by atoms with Gasteiger partial charge in [0.15, 0.2) is 11.5 Å². The summed E-state index contributed by atoms with van der Waals surface area (Å²) in [6, 6.07) is 4.39. The highest BCUT2D eigenvalue weighted by atomic mass is 16.5. The van der Waals surface area contributed by atoms with Gasteiger partial charge in [-0.2, -0.15) is 0 Å². The van der Waals surface area contributed by atoms with E-state index < -0.39 is 0 Å². The fourth-order valence-corrected chi connectivity index (χ4v) is 2.23. The van der Waals surface area contributed by atoms with E-state index in [4.69, 9.17) is 9.47 Å². The standard InChI is InChI=1S/C12H14O2/c1-3-9-5-6-10-4-2-8-14-12(10)11(9)13-7-1/h5-6H,1-4,7-8H2. The zero-order valence-corrected chi connectivity index (χ0v) is 8.21. The number of fused-ring (bicyclic) bond motifs is 3. The molecule has 3 rings (SSSR count). The molecule has 2 aliphatic rings. The normalized spacial score (nSPS) is 18.9. The second kappa shape index (κ2) is 3.19. The Kier molecular flexibility index (Phi) is 1.86. The topological polar surface area (TPSA) is 18.5 Å². The summed E-state index contributed by atoms with van der Waals surface area (Å²) in [6.07, 6.45) is 4.52. The molecule has 0 spiro atoms. The average molecular weight is 190 g/mol. The van der Waals surface area contributed by atoms with Crippen LogP contribution in [0.2, 0.25) is 0 Å². The first-order valence-corrected chi connectivity index (χ1v) is 5.35. The van der Waals surface area contributed by atoms with Crippen LogP contribution in [0.4, 0.5) is 0 Å². The van der Waals surface area contributed by atoms with Gasteiger partial charge in [-0.05, 0) is 36.8 Å². The van der Waals surface area contributed by atoms with E-state index >= 15 is 0 Å². The first-order valence-electron chi connectivity index (χ1n) is 5.35. The minimum Gasteiger partial charge on any atom is -0.489 e. The van der Waals surface area contributed by atoms with E-state index in [2.05, 4.69) is 12.1 Å². The van der Waals surface area contributed by atoms with Gasteiger partial charge in [0.1, 0.15) is 0 Å². The third kappa shape index (κ3) is 1.17. The highest BCUT2D eigenvalue weighted by Crippen LogP contribution is 2.40. The van der Waals surface area contributed by atoms with E-state index in [1.807, 2.05) is 0 Å². The minimum absolute atomic E-state index is 0.840. The van der Waals surface area contributed by atoms with Crippen LogP contribution in [0.15, 0.2) is 12.1 Å².